The fourth-order valence-corrected chi connectivity index (χ4v) is 3.60. The second-order valence-corrected chi connectivity index (χ2v) is 6.75. The van der Waals surface area contributed by atoms with Crippen LogP contribution in [0.5, 0.6) is 5.75 Å². The van der Waals surface area contributed by atoms with Gasteiger partial charge in [-0.05, 0) is 48.0 Å². The van der Waals surface area contributed by atoms with E-state index in [9.17, 15) is 24.6 Å². The molecule has 1 aliphatic heterocycles. The molecule has 2 aromatic carbocycles. The summed E-state index contributed by atoms with van der Waals surface area (Å²) in [5, 5.41) is 20.1. The summed E-state index contributed by atoms with van der Waals surface area (Å²) < 4.78 is 5.89. The molecule has 0 unspecified atom stereocenters. The second kappa shape index (κ2) is 7.56. The minimum atomic E-state index is -1.23. The topological polar surface area (TPSA) is 166 Å². The maximum absolute atomic E-state index is 12.3. The number of carboxylic acids is 1. The first-order chi connectivity index (χ1) is 14.8. The first kappa shape index (κ1) is 20.1. The highest BCUT2D eigenvalue weighted by molar-refractivity contribution is 6.09. The van der Waals surface area contributed by atoms with Crippen LogP contribution in [0.2, 0.25) is 0 Å². The summed E-state index contributed by atoms with van der Waals surface area (Å²) in [7, 11) is 0. The van der Waals surface area contributed by atoms with E-state index in [1.54, 1.807) is 6.07 Å². The minimum absolute atomic E-state index is 0.0304. The van der Waals surface area contributed by atoms with E-state index in [-0.39, 0.29) is 51.3 Å². The average Bonchev–Trinajstić information content (AvgIpc) is 2.76. The Balaban J connectivity index is 2.22. The van der Waals surface area contributed by atoms with Crippen molar-refractivity contribution in [3.63, 3.8) is 0 Å². The molecule has 0 radical (unpaired) electrons. The first-order valence-electron chi connectivity index (χ1n) is 9.06. The Morgan fingerprint density at radius 1 is 1.03 bits per heavy atom. The quantitative estimate of drug-likeness (QED) is 0.286. The lowest BCUT2D eigenvalue weighted by Crippen LogP contribution is -2.15. The largest absolute Gasteiger partial charge is 0.508 e. The summed E-state index contributed by atoms with van der Waals surface area (Å²) in [5.74, 6) is 2.97. The molecule has 0 spiro atoms. The SMILES string of the molecule is NCc1c2oc3cc(O)ccc3c(-c3cc(C(=O)ON)ccc3C(=O)O)c-2ccc1=O. The van der Waals surface area contributed by atoms with Crippen molar-refractivity contribution in [1.29, 1.82) is 0 Å². The highest BCUT2D eigenvalue weighted by atomic mass is 16.7. The van der Waals surface area contributed by atoms with Gasteiger partial charge in [0.1, 0.15) is 17.1 Å². The number of phenols is 1. The Morgan fingerprint density at radius 2 is 1.81 bits per heavy atom. The van der Waals surface area contributed by atoms with Crippen molar-refractivity contribution >= 4 is 22.9 Å². The molecule has 0 amide bonds. The molecular formula is C22H16N2O7. The zero-order valence-electron chi connectivity index (χ0n) is 15.9. The molecule has 4 rings (SSSR count). The molecule has 2 aliphatic rings. The van der Waals surface area contributed by atoms with E-state index in [0.717, 1.165) is 0 Å². The number of hydrogen-bond acceptors (Lipinski definition) is 8. The maximum Gasteiger partial charge on any atom is 0.356 e. The number of phenolic OH excluding ortho intramolecular Hbond substituents is 1. The van der Waals surface area contributed by atoms with Gasteiger partial charge >= 0.3 is 11.9 Å². The van der Waals surface area contributed by atoms with Crippen molar-refractivity contribution < 1.29 is 29.1 Å². The predicted molar refractivity (Wildman–Crippen MR) is 111 cm³/mol. The van der Waals surface area contributed by atoms with Crippen LogP contribution in [0.4, 0.5) is 0 Å². The molecule has 0 fully saturated rings. The number of nitrogens with two attached hydrogens (primary N) is 2. The van der Waals surface area contributed by atoms with Gasteiger partial charge in [0, 0.05) is 29.1 Å². The van der Waals surface area contributed by atoms with E-state index in [4.69, 9.17) is 16.0 Å². The lowest BCUT2D eigenvalue weighted by molar-refractivity contribution is 0.0502. The van der Waals surface area contributed by atoms with Crippen LogP contribution in [-0.2, 0) is 11.4 Å². The molecule has 1 heterocycles. The average molecular weight is 420 g/mol. The van der Waals surface area contributed by atoms with Gasteiger partial charge in [-0.1, -0.05) is 0 Å². The predicted octanol–water partition coefficient (Wildman–Crippen LogP) is 2.46. The first-order valence-corrected chi connectivity index (χ1v) is 9.06. The number of carbonyl (C=O) groups excluding carboxylic acids is 1. The molecule has 31 heavy (non-hydrogen) atoms. The molecule has 9 heteroatoms. The van der Waals surface area contributed by atoms with E-state index < -0.39 is 11.9 Å². The van der Waals surface area contributed by atoms with E-state index >= 15 is 0 Å². The number of carbonyl (C=O) groups is 2. The van der Waals surface area contributed by atoms with Gasteiger partial charge in [0.05, 0.1) is 16.7 Å². The minimum Gasteiger partial charge on any atom is -0.508 e. The molecule has 0 aromatic heterocycles. The van der Waals surface area contributed by atoms with Gasteiger partial charge in [-0.3, -0.25) is 4.79 Å². The van der Waals surface area contributed by atoms with Crippen LogP contribution in [-0.4, -0.2) is 22.2 Å². The van der Waals surface area contributed by atoms with Crippen molar-refractivity contribution in [3.8, 4) is 28.2 Å². The van der Waals surface area contributed by atoms with E-state index in [2.05, 4.69) is 4.84 Å². The molecule has 2 aromatic rings. The fraction of sp³-hybridized carbons (Fsp3) is 0.0455. The molecule has 1 aliphatic carbocycles. The maximum atomic E-state index is 12.3. The zero-order valence-corrected chi connectivity index (χ0v) is 15.9. The smallest absolute Gasteiger partial charge is 0.356 e. The third kappa shape index (κ3) is 3.27. The number of rotatable bonds is 4. The molecule has 0 saturated heterocycles. The summed E-state index contributed by atoms with van der Waals surface area (Å²) in [6.45, 7) is -0.116. The van der Waals surface area contributed by atoms with E-state index in [1.165, 1.54) is 42.5 Å². The Labute approximate surface area is 174 Å². The lowest BCUT2D eigenvalue weighted by atomic mass is 9.88. The van der Waals surface area contributed by atoms with Crippen molar-refractivity contribution in [2.45, 2.75) is 6.54 Å². The molecule has 0 saturated carbocycles. The van der Waals surface area contributed by atoms with Crippen LogP contribution < -0.4 is 17.1 Å². The fourth-order valence-electron chi connectivity index (χ4n) is 3.60. The Bertz CT molecular complexity index is 1390. The molecule has 0 bridgehead atoms. The summed E-state index contributed by atoms with van der Waals surface area (Å²) in [6.07, 6.45) is 0. The lowest BCUT2D eigenvalue weighted by Gasteiger charge is -2.19. The van der Waals surface area contributed by atoms with Crippen molar-refractivity contribution in [2.24, 2.45) is 11.6 Å². The normalized spacial score (nSPS) is 11.0. The second-order valence-electron chi connectivity index (χ2n) is 6.75. The highest BCUT2D eigenvalue weighted by Gasteiger charge is 2.25. The molecule has 156 valence electrons. The number of hydrogen-bond donors (Lipinski definition) is 4. The Kier molecular flexibility index (Phi) is 4.90. The van der Waals surface area contributed by atoms with Crippen molar-refractivity contribution in [2.75, 3.05) is 0 Å². The Hall–Kier alpha value is -4.21. The van der Waals surface area contributed by atoms with Crippen LogP contribution in [0.1, 0.15) is 26.3 Å². The Morgan fingerprint density at radius 3 is 2.48 bits per heavy atom. The van der Waals surface area contributed by atoms with Gasteiger partial charge in [-0.2, -0.15) is 5.90 Å². The number of aromatic carboxylic acids is 1. The monoisotopic (exact) mass is 420 g/mol. The van der Waals surface area contributed by atoms with E-state index in [0.29, 0.717) is 16.5 Å². The summed E-state index contributed by atoms with van der Waals surface area (Å²) in [4.78, 5) is 40.6. The van der Waals surface area contributed by atoms with Crippen LogP contribution >= 0.6 is 0 Å². The van der Waals surface area contributed by atoms with Crippen molar-refractivity contribution in [3.05, 3.63) is 75.4 Å². The van der Waals surface area contributed by atoms with Crippen LogP contribution in [0.3, 0.4) is 0 Å². The van der Waals surface area contributed by atoms with E-state index in [1.807, 2.05) is 0 Å². The zero-order chi connectivity index (χ0) is 22.3. The number of benzene rings is 3. The molecule has 9 nitrogen and oxygen atoms in total. The third-order valence-electron chi connectivity index (χ3n) is 5.00. The number of carboxylic acid groups (broad SMARTS) is 1. The van der Waals surface area contributed by atoms with Gasteiger partial charge in [0.25, 0.3) is 0 Å². The van der Waals surface area contributed by atoms with Crippen molar-refractivity contribution in [1.82, 2.24) is 0 Å². The van der Waals surface area contributed by atoms with Crippen LogP contribution in [0.15, 0.2) is 57.7 Å². The molecule has 6 N–H and O–H groups in total. The standard InChI is InChI=1S/C22H16N2O7/c23-9-16-17(26)6-5-14-19(13-4-2-11(25)8-18(13)30-20(14)16)15-7-10(22(29)31-24)1-3-12(15)21(27)28/h1-8,25H,9,23-24H2,(H,27,28). The molecule has 0 atom stereocenters. The number of aromatic hydroxyl groups is 1. The van der Waals surface area contributed by atoms with Gasteiger partial charge in [0.15, 0.2) is 5.43 Å². The summed E-state index contributed by atoms with van der Waals surface area (Å²) in [5.41, 5.74) is 6.71. The van der Waals surface area contributed by atoms with Crippen LogP contribution in [0.25, 0.3) is 33.4 Å². The highest BCUT2D eigenvalue weighted by Crippen LogP contribution is 2.43. The van der Waals surface area contributed by atoms with Gasteiger partial charge < -0.3 is 25.2 Å². The van der Waals surface area contributed by atoms with Gasteiger partial charge in [-0.25, -0.2) is 9.59 Å². The molecular weight excluding hydrogens is 404 g/mol. The summed E-state index contributed by atoms with van der Waals surface area (Å²) in [6, 6.07) is 11.0. The number of fused-ring (bicyclic) bond motifs is 2. The van der Waals surface area contributed by atoms with Gasteiger partial charge in [-0.15, -0.1) is 0 Å². The summed E-state index contributed by atoms with van der Waals surface area (Å²) >= 11 is 0. The van der Waals surface area contributed by atoms with Crippen LogP contribution in [0, 0.1) is 0 Å². The van der Waals surface area contributed by atoms with Gasteiger partial charge in [0.2, 0.25) is 0 Å². The third-order valence-corrected chi connectivity index (χ3v) is 5.00.